The number of aromatic nitrogens is 2. The van der Waals surface area contributed by atoms with E-state index < -0.39 is 0 Å². The quantitative estimate of drug-likeness (QED) is 0.670. The molecule has 0 aromatic carbocycles. The Kier molecular flexibility index (Phi) is 2.56. The normalized spacial score (nSPS) is 16.4. The minimum absolute atomic E-state index is 0.396. The molecule has 0 amide bonds. The fourth-order valence-corrected chi connectivity index (χ4v) is 1.07. The number of rotatable bonds is 5. The van der Waals surface area contributed by atoms with Crippen molar-refractivity contribution < 1.29 is 9.26 Å². The van der Waals surface area contributed by atoms with Gasteiger partial charge in [-0.05, 0) is 12.8 Å². The maximum atomic E-state index is 5.27. The summed E-state index contributed by atoms with van der Waals surface area (Å²) in [6, 6.07) is 0. The second-order valence-corrected chi connectivity index (χ2v) is 3.16. The minimum atomic E-state index is 0.396. The van der Waals surface area contributed by atoms with Gasteiger partial charge in [-0.3, -0.25) is 0 Å². The lowest BCUT2D eigenvalue weighted by Gasteiger charge is -1.95. The van der Waals surface area contributed by atoms with Crippen molar-refractivity contribution in [1.82, 2.24) is 10.1 Å². The van der Waals surface area contributed by atoms with Crippen LogP contribution in [0, 0.1) is 0 Å². The molecule has 0 radical (unpaired) electrons. The first-order valence-corrected chi connectivity index (χ1v) is 4.50. The predicted molar refractivity (Wildman–Crippen MR) is 45.0 cm³/mol. The highest BCUT2D eigenvalue weighted by Crippen LogP contribution is 2.38. The monoisotopic (exact) mass is 183 g/mol. The molecule has 1 saturated carbocycles. The van der Waals surface area contributed by atoms with E-state index in [1.807, 2.05) is 0 Å². The van der Waals surface area contributed by atoms with Gasteiger partial charge in [-0.1, -0.05) is 5.16 Å². The first kappa shape index (κ1) is 8.65. The largest absolute Gasteiger partial charge is 0.372 e. The molecule has 0 saturated heterocycles. The third-order valence-electron chi connectivity index (χ3n) is 1.90. The molecule has 2 rings (SSSR count). The van der Waals surface area contributed by atoms with Gasteiger partial charge in [0, 0.05) is 12.5 Å². The molecule has 2 N–H and O–H groups in total. The van der Waals surface area contributed by atoms with E-state index in [0.29, 0.717) is 31.5 Å². The van der Waals surface area contributed by atoms with Gasteiger partial charge in [0.05, 0.1) is 6.61 Å². The van der Waals surface area contributed by atoms with Crippen LogP contribution in [0.3, 0.4) is 0 Å². The van der Waals surface area contributed by atoms with Gasteiger partial charge in [0.25, 0.3) is 0 Å². The highest BCUT2D eigenvalue weighted by molar-refractivity contribution is 5.01. The van der Waals surface area contributed by atoms with Crippen LogP contribution in [-0.2, 0) is 11.3 Å². The smallest absolute Gasteiger partial charge is 0.229 e. The zero-order chi connectivity index (χ0) is 9.10. The summed E-state index contributed by atoms with van der Waals surface area (Å²) in [5.41, 5.74) is 5.27. The summed E-state index contributed by atoms with van der Waals surface area (Å²) in [6.07, 6.45) is 2.34. The third kappa shape index (κ3) is 2.26. The van der Waals surface area contributed by atoms with Gasteiger partial charge in [0.15, 0.2) is 5.82 Å². The molecule has 1 aromatic rings. The Labute approximate surface area is 76.3 Å². The van der Waals surface area contributed by atoms with Crippen LogP contribution >= 0.6 is 0 Å². The lowest BCUT2D eigenvalue weighted by molar-refractivity contribution is 0.120. The molecule has 0 bridgehead atoms. The molecule has 0 aliphatic heterocycles. The van der Waals surface area contributed by atoms with Gasteiger partial charge >= 0.3 is 0 Å². The molecule has 1 aromatic heterocycles. The Bertz CT molecular complexity index is 270. The van der Waals surface area contributed by atoms with E-state index in [4.69, 9.17) is 15.0 Å². The van der Waals surface area contributed by atoms with E-state index in [-0.39, 0.29) is 0 Å². The summed E-state index contributed by atoms with van der Waals surface area (Å²) in [5, 5.41) is 3.80. The molecule has 72 valence electrons. The molecule has 0 spiro atoms. The van der Waals surface area contributed by atoms with Crippen molar-refractivity contribution in [1.29, 1.82) is 0 Å². The van der Waals surface area contributed by atoms with Gasteiger partial charge < -0.3 is 15.0 Å². The SMILES string of the molecule is NCCOCc1noc(C2CC2)n1. The minimum Gasteiger partial charge on any atom is -0.372 e. The van der Waals surface area contributed by atoms with E-state index in [1.165, 1.54) is 12.8 Å². The lowest BCUT2D eigenvalue weighted by atomic mass is 10.4. The van der Waals surface area contributed by atoms with Crippen LogP contribution in [-0.4, -0.2) is 23.3 Å². The van der Waals surface area contributed by atoms with Crippen LogP contribution in [0.15, 0.2) is 4.52 Å². The standard InChI is InChI=1S/C8H13N3O2/c9-3-4-12-5-7-10-8(13-11-7)6-1-2-6/h6H,1-5,9H2. The molecular formula is C8H13N3O2. The molecular weight excluding hydrogens is 170 g/mol. The fraction of sp³-hybridized carbons (Fsp3) is 0.750. The van der Waals surface area contributed by atoms with Crippen LogP contribution in [0.4, 0.5) is 0 Å². The van der Waals surface area contributed by atoms with Crippen LogP contribution in [0.5, 0.6) is 0 Å². The van der Waals surface area contributed by atoms with Crippen LogP contribution in [0.2, 0.25) is 0 Å². The van der Waals surface area contributed by atoms with Gasteiger partial charge in [-0.2, -0.15) is 4.98 Å². The summed E-state index contributed by atoms with van der Waals surface area (Å²) in [6.45, 7) is 1.45. The summed E-state index contributed by atoms with van der Waals surface area (Å²) in [4.78, 5) is 4.20. The lowest BCUT2D eigenvalue weighted by Crippen LogP contribution is -2.08. The Morgan fingerprint density at radius 2 is 2.38 bits per heavy atom. The van der Waals surface area contributed by atoms with E-state index in [1.54, 1.807) is 0 Å². The molecule has 0 atom stereocenters. The van der Waals surface area contributed by atoms with Crippen molar-refractivity contribution in [2.45, 2.75) is 25.4 Å². The fourth-order valence-electron chi connectivity index (χ4n) is 1.07. The average Bonchev–Trinajstić information content (AvgIpc) is 2.88. The summed E-state index contributed by atoms with van der Waals surface area (Å²) in [5.74, 6) is 1.89. The molecule has 1 fully saturated rings. The van der Waals surface area contributed by atoms with Gasteiger partial charge in [-0.25, -0.2) is 0 Å². The predicted octanol–water partition coefficient (Wildman–Crippen LogP) is 0.422. The molecule has 1 aliphatic carbocycles. The van der Waals surface area contributed by atoms with Gasteiger partial charge in [-0.15, -0.1) is 0 Å². The van der Waals surface area contributed by atoms with Crippen molar-refractivity contribution in [2.24, 2.45) is 5.73 Å². The number of nitrogens with zero attached hydrogens (tertiary/aromatic N) is 2. The zero-order valence-corrected chi connectivity index (χ0v) is 7.40. The number of nitrogens with two attached hydrogens (primary N) is 1. The van der Waals surface area contributed by atoms with Crippen molar-refractivity contribution in [2.75, 3.05) is 13.2 Å². The number of hydrogen-bond donors (Lipinski definition) is 1. The second-order valence-electron chi connectivity index (χ2n) is 3.16. The Morgan fingerprint density at radius 1 is 1.54 bits per heavy atom. The van der Waals surface area contributed by atoms with Crippen molar-refractivity contribution in [3.8, 4) is 0 Å². The molecule has 1 heterocycles. The Balaban J connectivity index is 1.82. The van der Waals surface area contributed by atoms with Crippen molar-refractivity contribution >= 4 is 0 Å². The molecule has 0 unspecified atom stereocenters. The maximum absolute atomic E-state index is 5.27. The highest BCUT2D eigenvalue weighted by Gasteiger charge is 2.29. The average molecular weight is 183 g/mol. The summed E-state index contributed by atoms with van der Waals surface area (Å²) in [7, 11) is 0. The van der Waals surface area contributed by atoms with E-state index in [9.17, 15) is 0 Å². The second kappa shape index (κ2) is 3.85. The maximum Gasteiger partial charge on any atom is 0.229 e. The number of hydrogen-bond acceptors (Lipinski definition) is 5. The van der Waals surface area contributed by atoms with Crippen molar-refractivity contribution in [3.63, 3.8) is 0 Å². The molecule has 1 aliphatic rings. The van der Waals surface area contributed by atoms with E-state index >= 15 is 0 Å². The Morgan fingerprint density at radius 3 is 3.08 bits per heavy atom. The topological polar surface area (TPSA) is 74.2 Å². The van der Waals surface area contributed by atoms with E-state index in [2.05, 4.69) is 10.1 Å². The first-order valence-electron chi connectivity index (χ1n) is 4.50. The highest BCUT2D eigenvalue weighted by atomic mass is 16.5. The summed E-state index contributed by atoms with van der Waals surface area (Å²) >= 11 is 0. The molecule has 5 nitrogen and oxygen atoms in total. The van der Waals surface area contributed by atoms with E-state index in [0.717, 1.165) is 5.89 Å². The third-order valence-corrected chi connectivity index (χ3v) is 1.90. The molecule has 13 heavy (non-hydrogen) atoms. The van der Waals surface area contributed by atoms with Gasteiger partial charge in [0.1, 0.15) is 6.61 Å². The molecule has 5 heteroatoms. The van der Waals surface area contributed by atoms with Crippen molar-refractivity contribution in [3.05, 3.63) is 11.7 Å². The summed E-state index contributed by atoms with van der Waals surface area (Å²) < 4.78 is 10.2. The van der Waals surface area contributed by atoms with Crippen LogP contribution in [0.1, 0.15) is 30.5 Å². The first-order chi connectivity index (χ1) is 6.40. The Hall–Kier alpha value is -0.940. The van der Waals surface area contributed by atoms with Gasteiger partial charge in [0.2, 0.25) is 5.89 Å². The van der Waals surface area contributed by atoms with Crippen LogP contribution in [0.25, 0.3) is 0 Å². The van der Waals surface area contributed by atoms with Crippen LogP contribution < -0.4 is 5.73 Å². The number of ether oxygens (including phenoxy) is 1. The zero-order valence-electron chi connectivity index (χ0n) is 7.40.